The molecular weight excluding hydrogens is 198 g/mol. The van der Waals surface area contributed by atoms with Crippen LogP contribution in [0.25, 0.3) is 0 Å². The fraction of sp³-hybridized carbons (Fsp3) is 0.571. The predicted molar refractivity (Wildman–Crippen MR) is 40.3 cm³/mol. The Morgan fingerprint density at radius 3 is 2.64 bits per heavy atom. The van der Waals surface area contributed by atoms with Gasteiger partial charge in [0.25, 0.3) is 5.91 Å². The Bertz CT molecular complexity index is 280. The second kappa shape index (κ2) is 4.12. The summed E-state index contributed by atoms with van der Waals surface area (Å²) in [6.07, 6.45) is -3.05. The topological polar surface area (TPSA) is 75.3 Å². The molecule has 1 saturated heterocycles. The van der Waals surface area contributed by atoms with E-state index in [9.17, 15) is 23.2 Å². The van der Waals surface area contributed by atoms with E-state index in [4.69, 9.17) is 0 Å². The highest BCUT2D eigenvalue weighted by atomic mass is 19.3. The van der Waals surface area contributed by atoms with Crippen LogP contribution < -0.4 is 10.6 Å². The van der Waals surface area contributed by atoms with Crippen molar-refractivity contribution in [3.8, 4) is 0 Å². The minimum Gasteiger partial charge on any atom is -0.339 e. The fourth-order valence-electron chi connectivity index (χ4n) is 1.07. The van der Waals surface area contributed by atoms with Crippen molar-refractivity contribution >= 4 is 17.7 Å². The lowest BCUT2D eigenvalue weighted by atomic mass is 10.1. The minimum atomic E-state index is -3.15. The smallest absolute Gasteiger partial charge is 0.315 e. The van der Waals surface area contributed by atoms with Gasteiger partial charge in [0.15, 0.2) is 0 Å². The van der Waals surface area contributed by atoms with E-state index in [1.165, 1.54) is 0 Å². The number of imide groups is 1. The summed E-state index contributed by atoms with van der Waals surface area (Å²) in [6.45, 7) is 0. The SMILES string of the molecule is O=C1CCC(NC(=O)C(F)F)C(=O)N1. The summed E-state index contributed by atoms with van der Waals surface area (Å²) in [6, 6.07) is -1.03. The monoisotopic (exact) mass is 206 g/mol. The highest BCUT2D eigenvalue weighted by molar-refractivity contribution is 6.01. The largest absolute Gasteiger partial charge is 0.339 e. The molecule has 0 aromatic rings. The minimum absolute atomic E-state index is 0.0416. The summed E-state index contributed by atoms with van der Waals surface area (Å²) in [5.74, 6) is -2.70. The van der Waals surface area contributed by atoms with E-state index in [-0.39, 0.29) is 12.8 Å². The molecule has 78 valence electrons. The van der Waals surface area contributed by atoms with E-state index in [1.807, 2.05) is 10.6 Å². The van der Waals surface area contributed by atoms with Gasteiger partial charge in [0.2, 0.25) is 11.8 Å². The number of rotatable bonds is 2. The lowest BCUT2D eigenvalue weighted by Crippen LogP contribution is -2.53. The van der Waals surface area contributed by atoms with Crippen molar-refractivity contribution in [3.05, 3.63) is 0 Å². The fourth-order valence-corrected chi connectivity index (χ4v) is 1.07. The molecule has 1 aliphatic rings. The molecule has 14 heavy (non-hydrogen) atoms. The maximum absolute atomic E-state index is 11.8. The highest BCUT2D eigenvalue weighted by Crippen LogP contribution is 2.05. The molecule has 7 heteroatoms. The predicted octanol–water partition coefficient (Wildman–Crippen LogP) is -0.827. The molecule has 0 spiro atoms. The average molecular weight is 206 g/mol. The second-order valence-electron chi connectivity index (χ2n) is 2.81. The molecule has 0 aliphatic carbocycles. The quantitative estimate of drug-likeness (QED) is 0.579. The zero-order chi connectivity index (χ0) is 10.7. The molecule has 2 N–H and O–H groups in total. The van der Waals surface area contributed by atoms with Gasteiger partial charge in [0.05, 0.1) is 0 Å². The van der Waals surface area contributed by atoms with Gasteiger partial charge >= 0.3 is 6.43 Å². The van der Waals surface area contributed by atoms with Crippen LogP contribution in [0.2, 0.25) is 0 Å². The molecular formula is C7H8F2N2O3. The van der Waals surface area contributed by atoms with Gasteiger partial charge in [-0.1, -0.05) is 0 Å². The van der Waals surface area contributed by atoms with Gasteiger partial charge < -0.3 is 5.32 Å². The summed E-state index contributed by atoms with van der Waals surface area (Å²) in [4.78, 5) is 32.1. The molecule has 1 aliphatic heterocycles. The first-order chi connectivity index (χ1) is 6.50. The molecule has 0 radical (unpaired) electrons. The van der Waals surface area contributed by atoms with Gasteiger partial charge in [0.1, 0.15) is 6.04 Å². The number of hydrogen-bond acceptors (Lipinski definition) is 3. The van der Waals surface area contributed by atoms with Crippen LogP contribution in [0.1, 0.15) is 12.8 Å². The Morgan fingerprint density at radius 2 is 2.14 bits per heavy atom. The van der Waals surface area contributed by atoms with E-state index < -0.39 is 30.2 Å². The van der Waals surface area contributed by atoms with E-state index >= 15 is 0 Å². The molecule has 5 nitrogen and oxygen atoms in total. The first-order valence-electron chi connectivity index (χ1n) is 3.93. The number of piperidine rings is 1. The van der Waals surface area contributed by atoms with Gasteiger partial charge in [0, 0.05) is 6.42 Å². The molecule has 0 aromatic carbocycles. The Hall–Kier alpha value is -1.53. The molecule has 1 unspecified atom stereocenters. The number of carbonyl (C=O) groups is 3. The summed E-state index contributed by atoms with van der Waals surface area (Å²) >= 11 is 0. The van der Waals surface area contributed by atoms with Crippen molar-refractivity contribution in [2.24, 2.45) is 0 Å². The molecule has 0 aromatic heterocycles. The zero-order valence-corrected chi connectivity index (χ0v) is 7.05. The number of alkyl halides is 2. The van der Waals surface area contributed by atoms with Gasteiger partial charge in [-0.3, -0.25) is 19.7 Å². The highest BCUT2D eigenvalue weighted by Gasteiger charge is 2.29. The van der Waals surface area contributed by atoms with Gasteiger partial charge in [-0.25, -0.2) is 0 Å². The third-order valence-corrected chi connectivity index (χ3v) is 1.75. The lowest BCUT2D eigenvalue weighted by Gasteiger charge is -2.21. The van der Waals surface area contributed by atoms with Crippen molar-refractivity contribution < 1.29 is 23.2 Å². The van der Waals surface area contributed by atoms with Crippen molar-refractivity contribution in [3.63, 3.8) is 0 Å². The van der Waals surface area contributed by atoms with Crippen LogP contribution in [0.15, 0.2) is 0 Å². The van der Waals surface area contributed by atoms with Crippen molar-refractivity contribution in [1.82, 2.24) is 10.6 Å². The third-order valence-electron chi connectivity index (χ3n) is 1.75. The Kier molecular flexibility index (Phi) is 3.10. The normalized spacial score (nSPS) is 22.1. The first kappa shape index (κ1) is 10.6. The maximum Gasteiger partial charge on any atom is 0.315 e. The van der Waals surface area contributed by atoms with Crippen molar-refractivity contribution in [1.29, 1.82) is 0 Å². The number of amides is 3. The number of carbonyl (C=O) groups excluding carboxylic acids is 3. The Balaban J connectivity index is 2.49. The Morgan fingerprint density at radius 1 is 1.50 bits per heavy atom. The van der Waals surface area contributed by atoms with Gasteiger partial charge in [-0.2, -0.15) is 8.78 Å². The van der Waals surface area contributed by atoms with Crippen LogP contribution in [0.4, 0.5) is 8.78 Å². The van der Waals surface area contributed by atoms with Gasteiger partial charge in [-0.15, -0.1) is 0 Å². The van der Waals surface area contributed by atoms with Crippen LogP contribution in [-0.2, 0) is 14.4 Å². The number of halogens is 2. The molecule has 0 saturated carbocycles. The standard InChI is InChI=1S/C7H8F2N2O3/c8-5(9)7(14)10-3-1-2-4(12)11-6(3)13/h3,5H,1-2H2,(H,10,14)(H,11,12,13). The van der Waals surface area contributed by atoms with Crippen LogP contribution >= 0.6 is 0 Å². The van der Waals surface area contributed by atoms with Crippen molar-refractivity contribution in [2.75, 3.05) is 0 Å². The molecule has 1 fully saturated rings. The van der Waals surface area contributed by atoms with E-state index in [0.717, 1.165) is 0 Å². The molecule has 0 bridgehead atoms. The first-order valence-corrected chi connectivity index (χ1v) is 3.93. The van der Waals surface area contributed by atoms with E-state index in [2.05, 4.69) is 0 Å². The Labute approximate surface area is 77.8 Å². The molecule has 3 amide bonds. The maximum atomic E-state index is 11.8. The van der Waals surface area contributed by atoms with Gasteiger partial charge in [-0.05, 0) is 6.42 Å². The summed E-state index contributed by atoms with van der Waals surface area (Å²) in [5.41, 5.74) is 0. The number of nitrogens with one attached hydrogen (secondary N) is 2. The molecule has 1 rings (SSSR count). The molecule has 1 heterocycles. The lowest BCUT2D eigenvalue weighted by molar-refractivity contribution is -0.140. The molecule has 1 atom stereocenters. The van der Waals surface area contributed by atoms with Crippen LogP contribution in [0, 0.1) is 0 Å². The summed E-state index contributed by atoms with van der Waals surface area (Å²) < 4.78 is 23.6. The second-order valence-corrected chi connectivity index (χ2v) is 2.81. The average Bonchev–Trinajstić information content (AvgIpc) is 2.09. The summed E-state index contributed by atoms with van der Waals surface area (Å²) in [5, 5.41) is 3.77. The van der Waals surface area contributed by atoms with Crippen molar-refractivity contribution in [2.45, 2.75) is 25.3 Å². The third kappa shape index (κ3) is 2.48. The zero-order valence-electron chi connectivity index (χ0n) is 7.05. The number of hydrogen-bond donors (Lipinski definition) is 2. The van der Waals surface area contributed by atoms with Crippen LogP contribution in [0.5, 0.6) is 0 Å². The van der Waals surface area contributed by atoms with E-state index in [1.54, 1.807) is 0 Å². The van der Waals surface area contributed by atoms with Crippen LogP contribution in [0.3, 0.4) is 0 Å². The summed E-state index contributed by atoms with van der Waals surface area (Å²) in [7, 11) is 0. The van der Waals surface area contributed by atoms with E-state index in [0.29, 0.717) is 0 Å². The van der Waals surface area contributed by atoms with Crippen LogP contribution in [-0.4, -0.2) is 30.2 Å².